The maximum absolute atomic E-state index is 10.9. The standard InChI is InChI=1S/C11H15IN2O4/c1-17-7-9(18-2)6-13-10-4-3-8(12)5-11(10)14(15)16/h3-5,9,13H,6-7H2,1-2H3. The summed E-state index contributed by atoms with van der Waals surface area (Å²) in [6.45, 7) is 0.882. The summed E-state index contributed by atoms with van der Waals surface area (Å²) in [5, 5.41) is 13.9. The third kappa shape index (κ3) is 4.39. The lowest BCUT2D eigenvalue weighted by Gasteiger charge is -2.15. The fourth-order valence-corrected chi connectivity index (χ4v) is 1.90. The molecule has 0 fully saturated rings. The highest BCUT2D eigenvalue weighted by molar-refractivity contribution is 14.1. The van der Waals surface area contributed by atoms with Gasteiger partial charge in [0.15, 0.2) is 0 Å². The molecular formula is C11H15IN2O4. The zero-order chi connectivity index (χ0) is 13.5. The Balaban J connectivity index is 2.74. The zero-order valence-corrected chi connectivity index (χ0v) is 12.3. The predicted molar refractivity (Wildman–Crippen MR) is 77.0 cm³/mol. The first-order chi connectivity index (χ1) is 8.58. The molecule has 18 heavy (non-hydrogen) atoms. The van der Waals surface area contributed by atoms with Gasteiger partial charge in [-0.25, -0.2) is 0 Å². The number of rotatable bonds is 7. The topological polar surface area (TPSA) is 73.6 Å². The molecule has 0 aliphatic rings. The molecule has 0 aliphatic heterocycles. The van der Waals surface area contributed by atoms with Crippen molar-refractivity contribution in [2.45, 2.75) is 6.10 Å². The van der Waals surface area contributed by atoms with Gasteiger partial charge >= 0.3 is 0 Å². The number of anilines is 1. The van der Waals surface area contributed by atoms with Gasteiger partial charge in [0.25, 0.3) is 5.69 Å². The Bertz CT molecular complexity index is 414. The monoisotopic (exact) mass is 366 g/mol. The number of hydrogen-bond acceptors (Lipinski definition) is 5. The van der Waals surface area contributed by atoms with E-state index in [0.29, 0.717) is 18.8 Å². The molecule has 0 spiro atoms. The molecule has 1 atom stereocenters. The van der Waals surface area contributed by atoms with E-state index in [1.165, 1.54) is 6.07 Å². The second-order valence-corrected chi connectivity index (χ2v) is 4.86. The SMILES string of the molecule is COCC(CNc1ccc(I)cc1[N+](=O)[O-])OC. The summed E-state index contributed by atoms with van der Waals surface area (Å²) in [6, 6.07) is 5.04. The van der Waals surface area contributed by atoms with E-state index in [2.05, 4.69) is 5.32 Å². The van der Waals surface area contributed by atoms with Gasteiger partial charge in [0.2, 0.25) is 0 Å². The smallest absolute Gasteiger partial charge is 0.293 e. The molecule has 0 heterocycles. The molecule has 7 heteroatoms. The molecule has 0 aromatic heterocycles. The van der Waals surface area contributed by atoms with Gasteiger partial charge in [-0.05, 0) is 34.7 Å². The highest BCUT2D eigenvalue weighted by Crippen LogP contribution is 2.26. The predicted octanol–water partition coefficient (Wildman–Crippen LogP) is 2.27. The highest BCUT2D eigenvalue weighted by atomic mass is 127. The molecule has 1 aromatic carbocycles. The van der Waals surface area contributed by atoms with Crippen molar-refractivity contribution in [1.82, 2.24) is 0 Å². The van der Waals surface area contributed by atoms with E-state index in [1.807, 2.05) is 28.7 Å². The van der Waals surface area contributed by atoms with Gasteiger partial charge < -0.3 is 14.8 Å². The Kier molecular flexibility index (Phi) is 6.30. The lowest BCUT2D eigenvalue weighted by atomic mass is 10.2. The Morgan fingerprint density at radius 1 is 1.50 bits per heavy atom. The fraction of sp³-hybridized carbons (Fsp3) is 0.455. The molecule has 0 amide bonds. The van der Waals surface area contributed by atoms with Crippen LogP contribution in [0.15, 0.2) is 18.2 Å². The van der Waals surface area contributed by atoms with Gasteiger partial charge in [-0.3, -0.25) is 10.1 Å². The third-order valence-corrected chi connectivity index (χ3v) is 3.03. The number of halogens is 1. The average molecular weight is 366 g/mol. The molecule has 1 N–H and O–H groups in total. The summed E-state index contributed by atoms with van der Waals surface area (Å²) in [5.41, 5.74) is 0.549. The van der Waals surface area contributed by atoms with Crippen molar-refractivity contribution < 1.29 is 14.4 Å². The summed E-state index contributed by atoms with van der Waals surface area (Å²) in [5.74, 6) is 0. The van der Waals surface area contributed by atoms with E-state index in [0.717, 1.165) is 3.57 Å². The number of nitro benzene ring substituents is 1. The van der Waals surface area contributed by atoms with Crippen molar-refractivity contribution in [3.05, 3.63) is 31.9 Å². The average Bonchev–Trinajstić information content (AvgIpc) is 2.35. The van der Waals surface area contributed by atoms with Crippen LogP contribution >= 0.6 is 22.6 Å². The maximum Gasteiger partial charge on any atom is 0.293 e. The quantitative estimate of drug-likeness (QED) is 0.455. The Morgan fingerprint density at radius 3 is 2.78 bits per heavy atom. The van der Waals surface area contributed by atoms with Crippen LogP contribution in [0.1, 0.15) is 0 Å². The van der Waals surface area contributed by atoms with Crippen LogP contribution in [0.25, 0.3) is 0 Å². The second kappa shape index (κ2) is 7.49. The van der Waals surface area contributed by atoms with Gasteiger partial charge in [-0.2, -0.15) is 0 Å². The first-order valence-corrected chi connectivity index (χ1v) is 6.36. The van der Waals surface area contributed by atoms with E-state index >= 15 is 0 Å². The Hall–Kier alpha value is -0.930. The first kappa shape index (κ1) is 15.1. The summed E-state index contributed by atoms with van der Waals surface area (Å²) in [7, 11) is 3.16. The zero-order valence-electron chi connectivity index (χ0n) is 10.2. The number of nitro groups is 1. The molecule has 0 bridgehead atoms. The summed E-state index contributed by atoms with van der Waals surface area (Å²) >= 11 is 2.04. The van der Waals surface area contributed by atoms with Crippen molar-refractivity contribution in [1.29, 1.82) is 0 Å². The first-order valence-electron chi connectivity index (χ1n) is 5.28. The van der Waals surface area contributed by atoms with Gasteiger partial charge in [0.05, 0.1) is 17.6 Å². The minimum atomic E-state index is -0.400. The van der Waals surface area contributed by atoms with Crippen molar-refractivity contribution in [2.75, 3.05) is 32.7 Å². The summed E-state index contributed by atoms with van der Waals surface area (Å²) < 4.78 is 11.0. The van der Waals surface area contributed by atoms with E-state index < -0.39 is 4.92 Å². The van der Waals surface area contributed by atoms with Crippen molar-refractivity contribution >= 4 is 34.0 Å². The molecule has 0 radical (unpaired) electrons. The second-order valence-electron chi connectivity index (χ2n) is 3.61. The minimum absolute atomic E-state index is 0.0640. The van der Waals surface area contributed by atoms with Crippen LogP contribution in [0.5, 0.6) is 0 Å². The van der Waals surface area contributed by atoms with Crippen LogP contribution in [0.3, 0.4) is 0 Å². The number of ether oxygens (including phenoxy) is 2. The highest BCUT2D eigenvalue weighted by Gasteiger charge is 2.15. The van der Waals surface area contributed by atoms with Gasteiger partial charge in [0, 0.05) is 30.4 Å². The molecule has 6 nitrogen and oxygen atoms in total. The molecule has 1 rings (SSSR count). The maximum atomic E-state index is 10.9. The number of hydrogen-bond donors (Lipinski definition) is 1. The van der Waals surface area contributed by atoms with E-state index in [1.54, 1.807) is 20.3 Å². The lowest BCUT2D eigenvalue weighted by Crippen LogP contribution is -2.26. The Morgan fingerprint density at radius 2 is 2.22 bits per heavy atom. The van der Waals surface area contributed by atoms with Crippen LogP contribution in [0.2, 0.25) is 0 Å². The largest absolute Gasteiger partial charge is 0.382 e. The molecule has 0 saturated heterocycles. The number of methoxy groups -OCH3 is 2. The van der Waals surface area contributed by atoms with E-state index in [4.69, 9.17) is 9.47 Å². The van der Waals surface area contributed by atoms with Crippen LogP contribution < -0.4 is 5.32 Å². The van der Waals surface area contributed by atoms with Crippen LogP contribution in [0.4, 0.5) is 11.4 Å². The summed E-state index contributed by atoms with van der Waals surface area (Å²) in [4.78, 5) is 10.5. The molecular weight excluding hydrogens is 351 g/mol. The van der Waals surface area contributed by atoms with Gasteiger partial charge in [-0.1, -0.05) is 0 Å². The van der Waals surface area contributed by atoms with Gasteiger partial charge in [-0.15, -0.1) is 0 Å². The number of benzene rings is 1. The molecule has 0 saturated carbocycles. The molecule has 0 aliphatic carbocycles. The van der Waals surface area contributed by atoms with Crippen molar-refractivity contribution in [3.63, 3.8) is 0 Å². The van der Waals surface area contributed by atoms with Crippen LogP contribution in [-0.2, 0) is 9.47 Å². The van der Waals surface area contributed by atoms with E-state index in [-0.39, 0.29) is 11.8 Å². The normalized spacial score (nSPS) is 12.2. The van der Waals surface area contributed by atoms with E-state index in [9.17, 15) is 10.1 Å². The van der Waals surface area contributed by atoms with Crippen LogP contribution in [-0.4, -0.2) is 38.4 Å². The summed E-state index contributed by atoms with van der Waals surface area (Å²) in [6.07, 6.45) is -0.145. The van der Waals surface area contributed by atoms with Crippen LogP contribution in [0, 0.1) is 13.7 Å². The van der Waals surface area contributed by atoms with Gasteiger partial charge in [0.1, 0.15) is 5.69 Å². The Labute approximate surface area is 119 Å². The van der Waals surface area contributed by atoms with Crippen molar-refractivity contribution in [3.8, 4) is 0 Å². The lowest BCUT2D eigenvalue weighted by molar-refractivity contribution is -0.384. The fourth-order valence-electron chi connectivity index (χ4n) is 1.43. The molecule has 100 valence electrons. The number of nitrogens with zero attached hydrogens (tertiary/aromatic N) is 1. The molecule has 1 unspecified atom stereocenters. The number of nitrogens with one attached hydrogen (secondary N) is 1. The third-order valence-electron chi connectivity index (χ3n) is 2.36. The van der Waals surface area contributed by atoms with Crippen molar-refractivity contribution in [2.24, 2.45) is 0 Å². The minimum Gasteiger partial charge on any atom is -0.382 e. The molecule has 1 aromatic rings.